The number of thiophene rings is 1. The number of amides is 1. The van der Waals surface area contributed by atoms with Crippen molar-refractivity contribution in [3.63, 3.8) is 0 Å². The first kappa shape index (κ1) is 16.9. The highest BCUT2D eigenvalue weighted by molar-refractivity contribution is 7.12. The topological polar surface area (TPSA) is 41.6 Å². The van der Waals surface area contributed by atoms with Gasteiger partial charge in [0.25, 0.3) is 0 Å². The van der Waals surface area contributed by atoms with Crippen LogP contribution in [-0.2, 0) is 9.53 Å². The molecule has 2 atom stereocenters. The predicted molar refractivity (Wildman–Crippen MR) is 94.0 cm³/mol. The Morgan fingerprint density at radius 3 is 2.83 bits per heavy atom. The Morgan fingerprint density at radius 2 is 2.17 bits per heavy atom. The molecule has 23 heavy (non-hydrogen) atoms. The number of ether oxygens (including phenoxy) is 1. The highest BCUT2D eigenvalue weighted by Gasteiger charge is 2.44. The number of aryl methyl sites for hydroxylation is 1. The minimum absolute atomic E-state index is 0.217. The number of nitrogens with zero attached hydrogens (tertiary/aromatic N) is 1. The zero-order valence-corrected chi connectivity index (χ0v) is 15.0. The summed E-state index contributed by atoms with van der Waals surface area (Å²) in [7, 11) is 1.75. The van der Waals surface area contributed by atoms with E-state index in [1.54, 1.807) is 7.11 Å². The van der Waals surface area contributed by atoms with Crippen LogP contribution in [0.3, 0.4) is 0 Å². The van der Waals surface area contributed by atoms with E-state index in [1.165, 1.54) is 22.6 Å². The SMILES string of the molecule is COCCN1CCC(CNC(=O)C2CC2c2ccc(C)s2)CC1. The number of hydrogen-bond acceptors (Lipinski definition) is 4. The van der Waals surface area contributed by atoms with Crippen LogP contribution in [0.1, 0.15) is 34.9 Å². The van der Waals surface area contributed by atoms with E-state index in [1.807, 2.05) is 11.3 Å². The Hall–Kier alpha value is -0.910. The minimum Gasteiger partial charge on any atom is -0.383 e. The molecule has 1 aliphatic carbocycles. The van der Waals surface area contributed by atoms with Crippen molar-refractivity contribution in [3.05, 3.63) is 21.9 Å². The molecule has 1 aromatic heterocycles. The number of nitrogens with one attached hydrogen (secondary N) is 1. The van der Waals surface area contributed by atoms with Crippen LogP contribution in [0.2, 0.25) is 0 Å². The Kier molecular flexibility index (Phi) is 5.72. The van der Waals surface area contributed by atoms with Gasteiger partial charge in [-0.2, -0.15) is 0 Å². The summed E-state index contributed by atoms with van der Waals surface area (Å²) in [5.41, 5.74) is 0. The van der Waals surface area contributed by atoms with Gasteiger partial charge >= 0.3 is 0 Å². The van der Waals surface area contributed by atoms with Crippen molar-refractivity contribution in [1.82, 2.24) is 10.2 Å². The van der Waals surface area contributed by atoms with Crippen LogP contribution in [0.15, 0.2) is 12.1 Å². The fourth-order valence-electron chi connectivity index (χ4n) is 3.46. The third-order valence-corrected chi connectivity index (χ3v) is 6.27. The van der Waals surface area contributed by atoms with Crippen LogP contribution in [-0.4, -0.2) is 50.7 Å². The monoisotopic (exact) mass is 336 g/mol. The van der Waals surface area contributed by atoms with E-state index in [-0.39, 0.29) is 11.8 Å². The summed E-state index contributed by atoms with van der Waals surface area (Å²) in [5.74, 6) is 1.60. The molecule has 2 aliphatic rings. The highest BCUT2D eigenvalue weighted by Crippen LogP contribution is 2.49. The fourth-order valence-corrected chi connectivity index (χ4v) is 4.52. The molecule has 0 radical (unpaired) electrons. The summed E-state index contributed by atoms with van der Waals surface area (Å²) in [4.78, 5) is 17.5. The van der Waals surface area contributed by atoms with Crippen LogP contribution >= 0.6 is 11.3 Å². The van der Waals surface area contributed by atoms with Gasteiger partial charge in [-0.15, -0.1) is 11.3 Å². The molecule has 0 aromatic carbocycles. The second-order valence-corrected chi connectivity index (χ2v) is 8.24. The molecular weight excluding hydrogens is 308 g/mol. The molecule has 1 N–H and O–H groups in total. The molecule has 5 heteroatoms. The first-order valence-electron chi connectivity index (χ1n) is 8.72. The summed E-state index contributed by atoms with van der Waals surface area (Å²) in [5, 5.41) is 3.20. The van der Waals surface area contributed by atoms with Gasteiger partial charge in [0.15, 0.2) is 0 Å². The first-order valence-corrected chi connectivity index (χ1v) is 9.54. The fraction of sp³-hybridized carbons (Fsp3) is 0.722. The molecule has 1 aromatic rings. The van der Waals surface area contributed by atoms with Gasteiger partial charge in [0.2, 0.25) is 5.91 Å². The normalized spacial score (nSPS) is 25.5. The lowest BCUT2D eigenvalue weighted by atomic mass is 9.97. The number of hydrogen-bond donors (Lipinski definition) is 1. The van der Waals surface area contributed by atoms with Crippen molar-refractivity contribution < 1.29 is 9.53 Å². The highest BCUT2D eigenvalue weighted by atomic mass is 32.1. The molecule has 4 nitrogen and oxygen atoms in total. The molecule has 1 aliphatic heterocycles. The van der Waals surface area contributed by atoms with Crippen molar-refractivity contribution in [3.8, 4) is 0 Å². The third kappa shape index (κ3) is 4.55. The third-order valence-electron chi connectivity index (χ3n) is 5.14. The maximum absolute atomic E-state index is 12.3. The smallest absolute Gasteiger partial charge is 0.223 e. The average molecular weight is 337 g/mol. The van der Waals surface area contributed by atoms with E-state index in [2.05, 4.69) is 29.3 Å². The molecular formula is C18H28N2O2S. The van der Waals surface area contributed by atoms with Crippen molar-refractivity contribution >= 4 is 17.2 Å². The number of rotatable bonds is 7. The maximum Gasteiger partial charge on any atom is 0.223 e. The number of piperidine rings is 1. The molecule has 2 unspecified atom stereocenters. The Labute approximate surface area is 143 Å². The maximum atomic E-state index is 12.3. The predicted octanol–water partition coefficient (Wildman–Crippen LogP) is 2.63. The number of likely N-dealkylation sites (tertiary alicyclic amines) is 1. The molecule has 0 bridgehead atoms. The lowest BCUT2D eigenvalue weighted by Gasteiger charge is -2.31. The number of methoxy groups -OCH3 is 1. The summed E-state index contributed by atoms with van der Waals surface area (Å²) >= 11 is 1.84. The van der Waals surface area contributed by atoms with E-state index < -0.39 is 0 Å². The molecule has 2 heterocycles. The van der Waals surface area contributed by atoms with Crippen LogP contribution in [0, 0.1) is 18.8 Å². The van der Waals surface area contributed by atoms with Crippen LogP contribution < -0.4 is 5.32 Å². The second kappa shape index (κ2) is 7.77. The van der Waals surface area contributed by atoms with E-state index in [4.69, 9.17) is 4.74 Å². The molecule has 1 saturated carbocycles. The van der Waals surface area contributed by atoms with Crippen molar-refractivity contribution in [2.75, 3.05) is 39.9 Å². The van der Waals surface area contributed by atoms with Crippen LogP contribution in [0.4, 0.5) is 0 Å². The zero-order chi connectivity index (χ0) is 16.2. The van der Waals surface area contributed by atoms with E-state index in [0.29, 0.717) is 11.8 Å². The zero-order valence-electron chi connectivity index (χ0n) is 14.2. The average Bonchev–Trinajstić information content (AvgIpc) is 3.26. The molecule has 2 fully saturated rings. The summed E-state index contributed by atoms with van der Waals surface area (Å²) in [6, 6.07) is 4.35. The largest absolute Gasteiger partial charge is 0.383 e. The van der Waals surface area contributed by atoms with Gasteiger partial charge in [-0.25, -0.2) is 0 Å². The van der Waals surface area contributed by atoms with Gasteiger partial charge in [0.1, 0.15) is 0 Å². The number of carbonyl (C=O) groups is 1. The molecule has 128 valence electrons. The lowest BCUT2D eigenvalue weighted by Crippen LogP contribution is -2.40. The van der Waals surface area contributed by atoms with Gasteiger partial charge in [0, 0.05) is 41.8 Å². The molecule has 1 amide bonds. The Morgan fingerprint density at radius 1 is 1.39 bits per heavy atom. The summed E-state index contributed by atoms with van der Waals surface area (Å²) < 4.78 is 5.13. The van der Waals surface area contributed by atoms with Gasteiger partial charge in [-0.1, -0.05) is 0 Å². The summed E-state index contributed by atoms with van der Waals surface area (Å²) in [6.07, 6.45) is 3.39. The van der Waals surface area contributed by atoms with E-state index in [9.17, 15) is 4.79 Å². The van der Waals surface area contributed by atoms with Gasteiger partial charge in [-0.05, 0) is 57.3 Å². The molecule has 0 spiro atoms. The van der Waals surface area contributed by atoms with Gasteiger partial charge in [-0.3, -0.25) is 4.79 Å². The van der Waals surface area contributed by atoms with Crippen molar-refractivity contribution in [2.45, 2.75) is 32.1 Å². The molecule has 3 rings (SSSR count). The van der Waals surface area contributed by atoms with Gasteiger partial charge in [0.05, 0.1) is 6.61 Å². The standard InChI is InChI=1S/C18H28N2O2S/c1-13-3-4-17(23-13)15-11-16(15)18(21)19-12-14-5-7-20(8-6-14)9-10-22-2/h3-4,14-16H,5-12H2,1-2H3,(H,19,21). The number of carbonyl (C=O) groups excluding carboxylic acids is 1. The first-order chi connectivity index (χ1) is 11.2. The van der Waals surface area contributed by atoms with Crippen LogP contribution in [0.25, 0.3) is 0 Å². The lowest BCUT2D eigenvalue weighted by molar-refractivity contribution is -0.122. The Balaban J connectivity index is 1.35. The quantitative estimate of drug-likeness (QED) is 0.832. The van der Waals surface area contributed by atoms with Gasteiger partial charge < -0.3 is 15.0 Å². The van der Waals surface area contributed by atoms with E-state index >= 15 is 0 Å². The van der Waals surface area contributed by atoms with Crippen molar-refractivity contribution in [2.24, 2.45) is 11.8 Å². The minimum atomic E-state index is 0.217. The van der Waals surface area contributed by atoms with E-state index in [0.717, 1.165) is 39.2 Å². The summed E-state index contributed by atoms with van der Waals surface area (Å²) in [6.45, 7) is 7.08. The molecule has 1 saturated heterocycles. The van der Waals surface area contributed by atoms with Crippen LogP contribution in [0.5, 0.6) is 0 Å². The second-order valence-electron chi connectivity index (χ2n) is 6.92. The van der Waals surface area contributed by atoms with Crippen molar-refractivity contribution in [1.29, 1.82) is 0 Å². The Bertz CT molecular complexity index is 523.